The largest absolute Gasteiger partial charge is 0.496 e. The predicted molar refractivity (Wildman–Crippen MR) is 176 cm³/mol. The molecule has 46 heavy (non-hydrogen) atoms. The fourth-order valence-corrected chi connectivity index (χ4v) is 6.10. The van der Waals surface area contributed by atoms with E-state index in [1.54, 1.807) is 38.1 Å². The summed E-state index contributed by atoms with van der Waals surface area (Å²) in [6.07, 6.45) is 5.23. The second-order valence-corrected chi connectivity index (χ2v) is 15.5. The predicted octanol–water partition coefficient (Wildman–Crippen LogP) is 5.40. The molecule has 0 N–H and O–H groups in total. The molecule has 3 aromatic carbocycles. The van der Waals surface area contributed by atoms with E-state index in [2.05, 4.69) is 0 Å². The van der Waals surface area contributed by atoms with Crippen LogP contribution < -0.4 is 26.8 Å². The molecule has 15 heteroatoms. The van der Waals surface area contributed by atoms with Gasteiger partial charge in [0.2, 0.25) is 0 Å². The molecule has 0 fully saturated rings. The Hall–Kier alpha value is -3.95. The van der Waals surface area contributed by atoms with Gasteiger partial charge in [0.1, 0.15) is 11.5 Å². The zero-order valence-corrected chi connectivity index (χ0v) is 29.5. The van der Waals surface area contributed by atoms with Crippen LogP contribution in [-0.2, 0) is 30.4 Å². The van der Waals surface area contributed by atoms with Gasteiger partial charge in [0, 0.05) is 5.56 Å². The Morgan fingerprint density at radius 2 is 1.22 bits per heavy atom. The summed E-state index contributed by atoms with van der Waals surface area (Å²) < 4.78 is 106. The van der Waals surface area contributed by atoms with Gasteiger partial charge in [-0.25, -0.2) is 0 Å². The topological polar surface area (TPSA) is 158 Å². The van der Waals surface area contributed by atoms with Crippen LogP contribution >= 0.6 is 0 Å². The van der Waals surface area contributed by atoms with E-state index < -0.39 is 30.4 Å². The van der Waals surface area contributed by atoms with E-state index in [1.807, 2.05) is 19.9 Å². The smallest absolute Gasteiger partial charge is 0.306 e. The van der Waals surface area contributed by atoms with Crippen LogP contribution in [0.1, 0.15) is 31.4 Å². The van der Waals surface area contributed by atoms with Crippen LogP contribution in [0.15, 0.2) is 48.0 Å². The molecule has 0 bridgehead atoms. The van der Waals surface area contributed by atoms with E-state index in [9.17, 15) is 25.3 Å². The number of methoxy groups -OCH3 is 2. The lowest BCUT2D eigenvalue weighted by Gasteiger charge is -2.22. The Bertz CT molecular complexity index is 1950. The molecule has 0 spiro atoms. The number of hydrogen-bond donors (Lipinski definition) is 0. The van der Waals surface area contributed by atoms with Gasteiger partial charge in [0.15, 0.2) is 23.0 Å². The molecule has 0 atom stereocenters. The first kappa shape index (κ1) is 36.5. The van der Waals surface area contributed by atoms with Crippen LogP contribution in [0.4, 0.5) is 0 Å². The molecule has 0 aromatic heterocycles. The standard InChI is InChI=1S/C31H38O12S3/c1-19(2)11-10-14-40-25-13-12-22(17-26(25)41-44(7,32)33)28-27(38-5)18-24(30(39-6)31(28)43-46(9,36)37)23-15-20(3)29(21(4)16-23)42-45(8,34)35/h11-13,15-18H,10,14H2,1-9H3. The Balaban J connectivity index is 2.33. The monoisotopic (exact) mass is 698 g/mol. The van der Waals surface area contributed by atoms with E-state index >= 15 is 0 Å². The Morgan fingerprint density at radius 3 is 1.72 bits per heavy atom. The van der Waals surface area contributed by atoms with Gasteiger partial charge in [-0.05, 0) is 86.7 Å². The maximum absolute atomic E-state index is 12.6. The van der Waals surface area contributed by atoms with Gasteiger partial charge in [0.25, 0.3) is 0 Å². The molecule has 12 nitrogen and oxygen atoms in total. The third-order valence-electron chi connectivity index (χ3n) is 6.27. The van der Waals surface area contributed by atoms with E-state index in [1.165, 1.54) is 26.4 Å². The van der Waals surface area contributed by atoms with Gasteiger partial charge in [-0.3, -0.25) is 0 Å². The molecule has 0 saturated carbocycles. The minimum Gasteiger partial charge on any atom is -0.496 e. The molecule has 0 aliphatic carbocycles. The van der Waals surface area contributed by atoms with Gasteiger partial charge >= 0.3 is 30.4 Å². The molecule has 0 unspecified atom stereocenters. The zero-order valence-electron chi connectivity index (χ0n) is 27.1. The third-order valence-corrected chi connectivity index (χ3v) is 7.69. The SMILES string of the molecule is COc1cc(-c2cc(C)c(OS(C)(=O)=O)c(C)c2)c(OC)c(OS(C)(=O)=O)c1-c1ccc(OCCC=C(C)C)c(OS(C)(=O)=O)c1. The molecule has 0 radical (unpaired) electrons. The van der Waals surface area contributed by atoms with Crippen molar-refractivity contribution in [2.45, 2.75) is 34.1 Å². The van der Waals surface area contributed by atoms with Gasteiger partial charge in [0.05, 0.1) is 45.2 Å². The average molecular weight is 699 g/mol. The van der Waals surface area contributed by atoms with Crippen LogP contribution in [-0.4, -0.2) is 64.8 Å². The summed E-state index contributed by atoms with van der Waals surface area (Å²) in [7, 11) is -9.27. The van der Waals surface area contributed by atoms with Crippen LogP contribution in [0.25, 0.3) is 22.3 Å². The fourth-order valence-electron chi connectivity index (χ4n) is 4.61. The summed E-state index contributed by atoms with van der Waals surface area (Å²) in [5, 5.41) is 0. The van der Waals surface area contributed by atoms with Crippen molar-refractivity contribution in [2.24, 2.45) is 0 Å². The quantitative estimate of drug-likeness (QED) is 0.120. The van der Waals surface area contributed by atoms with Crippen molar-refractivity contribution in [1.29, 1.82) is 0 Å². The summed E-state index contributed by atoms with van der Waals surface area (Å²) in [6.45, 7) is 7.46. The van der Waals surface area contributed by atoms with Crippen molar-refractivity contribution >= 4 is 30.4 Å². The first-order valence-electron chi connectivity index (χ1n) is 13.7. The molecule has 3 aromatic rings. The number of ether oxygens (including phenoxy) is 3. The zero-order chi connectivity index (χ0) is 34.6. The van der Waals surface area contributed by atoms with Crippen LogP contribution in [0.3, 0.4) is 0 Å². The number of rotatable bonds is 14. The van der Waals surface area contributed by atoms with Crippen molar-refractivity contribution in [1.82, 2.24) is 0 Å². The molecule has 3 rings (SSSR count). The van der Waals surface area contributed by atoms with E-state index in [-0.39, 0.29) is 52.2 Å². The first-order chi connectivity index (χ1) is 21.2. The lowest BCUT2D eigenvalue weighted by molar-refractivity contribution is 0.314. The highest BCUT2D eigenvalue weighted by atomic mass is 32.2. The van der Waals surface area contributed by atoms with Crippen molar-refractivity contribution in [2.75, 3.05) is 39.6 Å². The Kier molecular flexibility index (Phi) is 11.3. The molecule has 252 valence electrons. The van der Waals surface area contributed by atoms with Crippen molar-refractivity contribution < 1.29 is 52.0 Å². The highest BCUT2D eigenvalue weighted by molar-refractivity contribution is 7.86. The highest BCUT2D eigenvalue weighted by Gasteiger charge is 2.28. The third kappa shape index (κ3) is 9.77. The van der Waals surface area contributed by atoms with E-state index in [0.29, 0.717) is 28.7 Å². The minimum absolute atomic E-state index is 0.00411. The van der Waals surface area contributed by atoms with E-state index in [0.717, 1.165) is 24.3 Å². The lowest BCUT2D eigenvalue weighted by atomic mass is 9.94. The summed E-state index contributed by atoms with van der Waals surface area (Å²) in [5.41, 5.74) is 3.31. The van der Waals surface area contributed by atoms with Gasteiger partial charge < -0.3 is 26.8 Å². The summed E-state index contributed by atoms with van der Waals surface area (Å²) in [6, 6.07) is 9.32. The van der Waals surface area contributed by atoms with Gasteiger partial charge in [-0.1, -0.05) is 17.7 Å². The molecule has 0 aliphatic rings. The van der Waals surface area contributed by atoms with Crippen molar-refractivity contribution in [3.63, 3.8) is 0 Å². The van der Waals surface area contributed by atoms with E-state index in [4.69, 9.17) is 26.8 Å². The van der Waals surface area contributed by atoms with Crippen molar-refractivity contribution in [3.05, 3.63) is 59.2 Å². The molecule has 0 saturated heterocycles. The number of aryl methyl sites for hydroxylation is 2. The Labute approximate surface area is 271 Å². The summed E-state index contributed by atoms with van der Waals surface area (Å²) >= 11 is 0. The minimum atomic E-state index is -4.16. The highest BCUT2D eigenvalue weighted by Crippen LogP contribution is 2.52. The number of allylic oxidation sites excluding steroid dienone is 1. The summed E-state index contributed by atoms with van der Waals surface area (Å²) in [5.74, 6) is 0.0666. The second kappa shape index (κ2) is 14.2. The lowest BCUT2D eigenvalue weighted by Crippen LogP contribution is -2.10. The number of benzene rings is 3. The summed E-state index contributed by atoms with van der Waals surface area (Å²) in [4.78, 5) is 0. The normalized spacial score (nSPS) is 11.8. The van der Waals surface area contributed by atoms with Crippen LogP contribution in [0.5, 0.6) is 34.5 Å². The Morgan fingerprint density at radius 1 is 0.652 bits per heavy atom. The molecule has 0 aliphatic heterocycles. The molecular weight excluding hydrogens is 661 g/mol. The number of hydrogen-bond acceptors (Lipinski definition) is 12. The van der Waals surface area contributed by atoms with Gasteiger partial charge in [-0.2, -0.15) is 25.3 Å². The van der Waals surface area contributed by atoms with Gasteiger partial charge in [-0.15, -0.1) is 0 Å². The van der Waals surface area contributed by atoms with Crippen molar-refractivity contribution in [3.8, 4) is 56.8 Å². The molecule has 0 heterocycles. The van der Waals surface area contributed by atoms with Crippen LogP contribution in [0.2, 0.25) is 0 Å². The molecule has 0 amide bonds. The van der Waals surface area contributed by atoms with Crippen LogP contribution in [0, 0.1) is 13.8 Å². The maximum atomic E-state index is 12.6. The first-order valence-corrected chi connectivity index (χ1v) is 19.2. The fraction of sp³-hybridized carbons (Fsp3) is 0.355. The average Bonchev–Trinajstić information content (AvgIpc) is 2.90. The maximum Gasteiger partial charge on any atom is 0.306 e. The second-order valence-electron chi connectivity index (χ2n) is 10.7. The molecular formula is C31H38O12S3.